The van der Waals surface area contributed by atoms with Gasteiger partial charge in [0, 0.05) is 0 Å². The van der Waals surface area contributed by atoms with Crippen molar-refractivity contribution in [1.82, 2.24) is 9.96 Å². The van der Waals surface area contributed by atoms with Crippen LogP contribution in [0.25, 0.3) is 0 Å². The summed E-state index contributed by atoms with van der Waals surface area (Å²) in [5.41, 5.74) is 0.665. The Morgan fingerprint density at radius 1 is 1.19 bits per heavy atom. The van der Waals surface area contributed by atoms with Crippen molar-refractivity contribution < 1.29 is 9.63 Å². The van der Waals surface area contributed by atoms with E-state index in [4.69, 9.17) is 4.84 Å². The summed E-state index contributed by atoms with van der Waals surface area (Å²) < 4.78 is 0. The highest BCUT2D eigenvalue weighted by Crippen LogP contribution is 2.18. The Balaban J connectivity index is 2.00. The van der Waals surface area contributed by atoms with Gasteiger partial charge in [-0.05, 0) is 52.3 Å². The van der Waals surface area contributed by atoms with Crippen LogP contribution in [0.5, 0.6) is 0 Å². The van der Waals surface area contributed by atoms with Gasteiger partial charge in [-0.25, -0.2) is 4.79 Å². The van der Waals surface area contributed by atoms with E-state index in [2.05, 4.69) is 17.0 Å². The van der Waals surface area contributed by atoms with E-state index in [0.29, 0.717) is 13.2 Å². The molecule has 4 heteroatoms. The summed E-state index contributed by atoms with van der Waals surface area (Å²) in [4.78, 5) is 20.1. The molecule has 21 heavy (non-hydrogen) atoms. The van der Waals surface area contributed by atoms with Crippen molar-refractivity contribution in [3.05, 3.63) is 35.9 Å². The lowest BCUT2D eigenvalue weighted by atomic mass is 9.98. The fourth-order valence-electron chi connectivity index (χ4n) is 2.30. The standard InChI is InChI=1S/C17H26N2O2/c1-17(2,3)16(20)21-19(14-18-11-7-8-12-18)13-15-9-5-4-6-10-15/h4-6,9-10H,7-8,11-14H2,1-3H3. The van der Waals surface area contributed by atoms with E-state index >= 15 is 0 Å². The second kappa shape index (κ2) is 7.05. The van der Waals surface area contributed by atoms with Crippen molar-refractivity contribution in [2.75, 3.05) is 19.8 Å². The van der Waals surface area contributed by atoms with Crippen LogP contribution in [0.2, 0.25) is 0 Å². The van der Waals surface area contributed by atoms with Crippen molar-refractivity contribution in [2.45, 2.75) is 40.2 Å². The Morgan fingerprint density at radius 2 is 1.81 bits per heavy atom. The van der Waals surface area contributed by atoms with Gasteiger partial charge in [-0.1, -0.05) is 30.3 Å². The Labute approximate surface area is 127 Å². The molecule has 0 saturated carbocycles. The molecule has 1 aromatic rings. The molecule has 0 radical (unpaired) electrons. The minimum atomic E-state index is -0.486. The highest BCUT2D eigenvalue weighted by molar-refractivity contribution is 5.75. The maximum atomic E-state index is 12.2. The van der Waals surface area contributed by atoms with Crippen molar-refractivity contribution in [3.8, 4) is 0 Å². The Morgan fingerprint density at radius 3 is 2.38 bits per heavy atom. The topological polar surface area (TPSA) is 32.8 Å². The van der Waals surface area contributed by atoms with Crippen molar-refractivity contribution in [3.63, 3.8) is 0 Å². The van der Waals surface area contributed by atoms with Crippen LogP contribution in [-0.4, -0.2) is 35.7 Å². The van der Waals surface area contributed by atoms with Crippen LogP contribution in [0, 0.1) is 5.41 Å². The molecule has 116 valence electrons. The molecule has 0 aliphatic carbocycles. The molecule has 1 aliphatic heterocycles. The lowest BCUT2D eigenvalue weighted by molar-refractivity contribution is -0.212. The summed E-state index contributed by atoms with van der Waals surface area (Å²) in [6.45, 7) is 9.11. The highest BCUT2D eigenvalue weighted by atomic mass is 16.7. The first kappa shape index (κ1) is 16.0. The smallest absolute Gasteiger partial charge is 0.330 e. The largest absolute Gasteiger partial charge is 0.366 e. The van der Waals surface area contributed by atoms with Crippen molar-refractivity contribution in [1.29, 1.82) is 0 Å². The third kappa shape index (κ3) is 5.14. The van der Waals surface area contributed by atoms with Crippen LogP contribution >= 0.6 is 0 Å². The quantitative estimate of drug-likeness (QED) is 0.780. The number of hydrogen-bond donors (Lipinski definition) is 0. The average molecular weight is 290 g/mol. The van der Waals surface area contributed by atoms with E-state index in [1.807, 2.05) is 39.0 Å². The zero-order chi connectivity index (χ0) is 15.3. The average Bonchev–Trinajstić information content (AvgIpc) is 2.91. The first-order valence-electron chi connectivity index (χ1n) is 7.69. The molecule has 4 nitrogen and oxygen atoms in total. The van der Waals surface area contributed by atoms with Crippen LogP contribution in [0.1, 0.15) is 39.2 Å². The molecule has 0 aromatic heterocycles. The molecule has 0 atom stereocenters. The maximum absolute atomic E-state index is 12.2. The molecule has 0 amide bonds. The second-order valence-electron chi connectivity index (χ2n) is 6.72. The molecule has 1 saturated heterocycles. The van der Waals surface area contributed by atoms with Gasteiger partial charge in [-0.3, -0.25) is 4.90 Å². The number of hydrogen-bond acceptors (Lipinski definition) is 4. The minimum absolute atomic E-state index is 0.183. The van der Waals surface area contributed by atoms with Gasteiger partial charge >= 0.3 is 5.97 Å². The summed E-state index contributed by atoms with van der Waals surface area (Å²) in [6, 6.07) is 10.1. The molecule has 1 fully saturated rings. The van der Waals surface area contributed by atoms with Crippen LogP contribution in [0.4, 0.5) is 0 Å². The fourth-order valence-corrected chi connectivity index (χ4v) is 2.30. The molecular weight excluding hydrogens is 264 g/mol. The lowest BCUT2D eigenvalue weighted by Crippen LogP contribution is -2.40. The lowest BCUT2D eigenvalue weighted by Gasteiger charge is -2.28. The van der Waals surface area contributed by atoms with Gasteiger partial charge in [-0.2, -0.15) is 0 Å². The molecule has 1 aliphatic rings. The summed E-state index contributed by atoms with van der Waals surface area (Å²) in [6.07, 6.45) is 2.46. The summed E-state index contributed by atoms with van der Waals surface area (Å²) in [5.74, 6) is -0.183. The van der Waals surface area contributed by atoms with Gasteiger partial charge in [0.05, 0.1) is 18.6 Å². The minimum Gasteiger partial charge on any atom is -0.366 e. The number of carbonyl (C=O) groups is 1. The summed E-state index contributed by atoms with van der Waals surface area (Å²) >= 11 is 0. The van der Waals surface area contributed by atoms with Crippen LogP contribution < -0.4 is 0 Å². The van der Waals surface area contributed by atoms with Crippen LogP contribution in [0.3, 0.4) is 0 Å². The molecule has 0 unspecified atom stereocenters. The van der Waals surface area contributed by atoms with Crippen LogP contribution in [-0.2, 0) is 16.2 Å². The van der Waals surface area contributed by atoms with E-state index < -0.39 is 5.41 Å². The molecule has 2 rings (SSSR count). The van der Waals surface area contributed by atoms with E-state index in [1.54, 1.807) is 5.06 Å². The molecule has 0 spiro atoms. The van der Waals surface area contributed by atoms with E-state index in [9.17, 15) is 4.79 Å². The van der Waals surface area contributed by atoms with Gasteiger partial charge in [0.15, 0.2) is 0 Å². The predicted molar refractivity (Wildman–Crippen MR) is 83.2 cm³/mol. The van der Waals surface area contributed by atoms with Crippen molar-refractivity contribution >= 4 is 5.97 Å². The first-order valence-corrected chi connectivity index (χ1v) is 7.69. The number of rotatable bonds is 5. The van der Waals surface area contributed by atoms with Gasteiger partial charge in [-0.15, -0.1) is 5.06 Å². The Hall–Kier alpha value is -1.39. The number of carbonyl (C=O) groups excluding carboxylic acids is 1. The summed E-state index contributed by atoms with van der Waals surface area (Å²) in [5, 5.41) is 1.79. The Bertz CT molecular complexity index is 448. The first-order chi connectivity index (χ1) is 9.95. The van der Waals surface area contributed by atoms with E-state index in [0.717, 1.165) is 18.7 Å². The zero-order valence-electron chi connectivity index (χ0n) is 13.3. The van der Waals surface area contributed by atoms with Gasteiger partial charge < -0.3 is 4.84 Å². The Kier molecular flexibility index (Phi) is 5.37. The SMILES string of the molecule is CC(C)(C)C(=O)ON(Cc1ccccc1)CN1CCCC1. The molecule has 0 N–H and O–H groups in total. The number of hydroxylamine groups is 2. The third-order valence-corrected chi connectivity index (χ3v) is 3.58. The molecule has 0 bridgehead atoms. The van der Waals surface area contributed by atoms with Gasteiger partial charge in [0.1, 0.15) is 0 Å². The van der Waals surface area contributed by atoms with Crippen LogP contribution in [0.15, 0.2) is 30.3 Å². The number of benzene rings is 1. The van der Waals surface area contributed by atoms with Gasteiger partial charge in [0.2, 0.25) is 0 Å². The zero-order valence-corrected chi connectivity index (χ0v) is 13.3. The third-order valence-electron chi connectivity index (χ3n) is 3.58. The normalized spacial score (nSPS) is 16.4. The number of nitrogens with zero attached hydrogens (tertiary/aromatic N) is 2. The maximum Gasteiger partial charge on any atom is 0.330 e. The van der Waals surface area contributed by atoms with Crippen molar-refractivity contribution in [2.24, 2.45) is 5.41 Å². The van der Waals surface area contributed by atoms with Gasteiger partial charge in [0.25, 0.3) is 0 Å². The van der Waals surface area contributed by atoms with E-state index in [1.165, 1.54) is 12.8 Å². The highest BCUT2D eigenvalue weighted by Gasteiger charge is 2.27. The second-order valence-corrected chi connectivity index (χ2v) is 6.72. The fraction of sp³-hybridized carbons (Fsp3) is 0.588. The van der Waals surface area contributed by atoms with E-state index in [-0.39, 0.29) is 5.97 Å². The summed E-state index contributed by atoms with van der Waals surface area (Å²) in [7, 11) is 0. The molecular formula is C17H26N2O2. The number of likely N-dealkylation sites (tertiary alicyclic amines) is 1. The molecule has 1 heterocycles. The predicted octanol–water partition coefficient (Wildman–Crippen LogP) is 3.05. The molecule has 1 aromatic carbocycles. The monoisotopic (exact) mass is 290 g/mol.